The number of methoxy groups -OCH3 is 2. The predicted molar refractivity (Wildman–Crippen MR) is 103 cm³/mol. The number of hydrogen-bond donors (Lipinski definition) is 1. The lowest BCUT2D eigenvalue weighted by Gasteiger charge is -2.08. The van der Waals surface area contributed by atoms with Gasteiger partial charge in [-0.2, -0.15) is 0 Å². The second-order valence-electron chi connectivity index (χ2n) is 5.38. The van der Waals surface area contributed by atoms with Gasteiger partial charge in [0.25, 0.3) is 5.91 Å². The number of rotatable bonds is 6. The predicted octanol–water partition coefficient (Wildman–Crippen LogP) is 4.41. The first-order valence-corrected chi connectivity index (χ1v) is 9.07. The van der Waals surface area contributed by atoms with Gasteiger partial charge in [-0.05, 0) is 29.8 Å². The molecule has 0 aliphatic heterocycles. The molecular weight excluding hydrogens is 372 g/mol. The van der Waals surface area contributed by atoms with E-state index in [1.54, 1.807) is 25.7 Å². The second-order valence-corrected chi connectivity index (χ2v) is 6.65. The van der Waals surface area contributed by atoms with Crippen molar-refractivity contribution in [2.75, 3.05) is 14.2 Å². The van der Waals surface area contributed by atoms with Crippen LogP contribution in [0.25, 0.3) is 10.6 Å². The molecule has 0 radical (unpaired) electrons. The Bertz CT molecular complexity index is 927. The van der Waals surface area contributed by atoms with Crippen LogP contribution < -0.4 is 14.8 Å². The summed E-state index contributed by atoms with van der Waals surface area (Å²) in [6.07, 6.45) is 0. The van der Waals surface area contributed by atoms with E-state index in [-0.39, 0.29) is 5.91 Å². The number of ether oxygens (including phenoxy) is 2. The maximum absolute atomic E-state index is 12.3. The molecule has 3 rings (SSSR count). The topological polar surface area (TPSA) is 60.5 Å². The van der Waals surface area contributed by atoms with E-state index >= 15 is 0 Å². The molecule has 0 aliphatic rings. The number of nitrogens with one attached hydrogen (secondary N) is 1. The van der Waals surface area contributed by atoms with Crippen LogP contribution in [-0.2, 0) is 6.54 Å². The molecule has 1 N–H and O–H groups in total. The highest BCUT2D eigenvalue weighted by Gasteiger charge is 2.14. The summed E-state index contributed by atoms with van der Waals surface area (Å²) in [5.41, 5.74) is 2.09. The molecule has 0 bridgehead atoms. The highest BCUT2D eigenvalue weighted by atomic mass is 35.5. The van der Waals surface area contributed by atoms with Crippen LogP contribution in [0.1, 0.15) is 16.1 Å². The van der Waals surface area contributed by atoms with Gasteiger partial charge in [0, 0.05) is 22.5 Å². The van der Waals surface area contributed by atoms with Gasteiger partial charge in [0.2, 0.25) is 0 Å². The fourth-order valence-electron chi connectivity index (χ4n) is 2.39. The normalized spacial score (nSPS) is 10.4. The number of hydrogen-bond acceptors (Lipinski definition) is 5. The Morgan fingerprint density at radius 2 is 1.92 bits per heavy atom. The number of halogens is 1. The number of aromatic nitrogens is 1. The van der Waals surface area contributed by atoms with Gasteiger partial charge >= 0.3 is 0 Å². The molecule has 0 spiro atoms. The quantitative estimate of drug-likeness (QED) is 0.679. The zero-order valence-electron chi connectivity index (χ0n) is 14.3. The molecule has 1 aromatic heterocycles. The summed E-state index contributed by atoms with van der Waals surface area (Å²) in [7, 11) is 3.17. The van der Waals surface area contributed by atoms with E-state index in [1.165, 1.54) is 11.3 Å². The lowest BCUT2D eigenvalue weighted by atomic mass is 10.2. The standard InChI is InChI=1S/C19H17ClN2O3S/c1-24-16-8-7-12(9-17(16)25-2)19-22-15(11-26-19)18(23)21-10-13-5-3-4-6-14(13)20/h3-9,11H,10H2,1-2H3,(H,21,23). The molecule has 5 nitrogen and oxygen atoms in total. The van der Waals surface area contributed by atoms with Crippen molar-refractivity contribution in [2.24, 2.45) is 0 Å². The first-order valence-electron chi connectivity index (χ1n) is 7.82. The molecule has 0 saturated carbocycles. The minimum Gasteiger partial charge on any atom is -0.493 e. The van der Waals surface area contributed by atoms with Crippen LogP contribution in [0.5, 0.6) is 11.5 Å². The van der Waals surface area contributed by atoms with Crippen molar-refractivity contribution >= 4 is 28.8 Å². The van der Waals surface area contributed by atoms with Gasteiger partial charge in [0.15, 0.2) is 11.5 Å². The van der Waals surface area contributed by atoms with Gasteiger partial charge in [-0.3, -0.25) is 4.79 Å². The number of thiazole rings is 1. The van der Waals surface area contributed by atoms with Crippen molar-refractivity contribution in [3.63, 3.8) is 0 Å². The number of nitrogens with zero attached hydrogens (tertiary/aromatic N) is 1. The molecule has 7 heteroatoms. The maximum Gasteiger partial charge on any atom is 0.271 e. The zero-order chi connectivity index (χ0) is 18.5. The Kier molecular flexibility index (Phi) is 5.75. The molecule has 0 unspecified atom stereocenters. The van der Waals surface area contributed by atoms with Crippen LogP contribution >= 0.6 is 22.9 Å². The van der Waals surface area contributed by atoms with Crippen LogP contribution in [0.3, 0.4) is 0 Å². The summed E-state index contributed by atoms with van der Waals surface area (Å²) in [4.78, 5) is 16.8. The van der Waals surface area contributed by atoms with E-state index in [0.29, 0.717) is 28.8 Å². The highest BCUT2D eigenvalue weighted by molar-refractivity contribution is 7.13. The molecular formula is C19H17ClN2O3S. The van der Waals surface area contributed by atoms with Crippen molar-refractivity contribution < 1.29 is 14.3 Å². The lowest BCUT2D eigenvalue weighted by molar-refractivity contribution is 0.0946. The zero-order valence-corrected chi connectivity index (χ0v) is 15.9. The average Bonchev–Trinajstić information content (AvgIpc) is 3.17. The fraction of sp³-hybridized carbons (Fsp3) is 0.158. The van der Waals surface area contributed by atoms with Crippen LogP contribution in [0.4, 0.5) is 0 Å². The summed E-state index contributed by atoms with van der Waals surface area (Å²) in [6.45, 7) is 0.349. The molecule has 0 aliphatic carbocycles. The molecule has 1 heterocycles. The van der Waals surface area contributed by atoms with Crippen LogP contribution in [0, 0.1) is 0 Å². The van der Waals surface area contributed by atoms with E-state index < -0.39 is 0 Å². The maximum atomic E-state index is 12.3. The van der Waals surface area contributed by atoms with Crippen molar-refractivity contribution in [1.29, 1.82) is 0 Å². The minimum atomic E-state index is -0.243. The third kappa shape index (κ3) is 3.98. The van der Waals surface area contributed by atoms with Gasteiger partial charge < -0.3 is 14.8 Å². The lowest BCUT2D eigenvalue weighted by Crippen LogP contribution is -2.23. The van der Waals surface area contributed by atoms with Crippen molar-refractivity contribution in [3.05, 3.63) is 64.1 Å². The Hall–Kier alpha value is -2.57. The first kappa shape index (κ1) is 18.2. The monoisotopic (exact) mass is 388 g/mol. The van der Waals surface area contributed by atoms with Gasteiger partial charge in [0.05, 0.1) is 14.2 Å². The molecule has 0 fully saturated rings. The van der Waals surface area contributed by atoms with Crippen molar-refractivity contribution in [3.8, 4) is 22.1 Å². The summed E-state index contributed by atoms with van der Waals surface area (Å²) in [5, 5.41) is 5.92. The summed E-state index contributed by atoms with van der Waals surface area (Å²) in [6, 6.07) is 12.9. The number of carbonyl (C=O) groups excluding carboxylic acids is 1. The van der Waals surface area contributed by atoms with Crippen LogP contribution in [-0.4, -0.2) is 25.1 Å². The Morgan fingerprint density at radius 1 is 1.15 bits per heavy atom. The van der Waals surface area contributed by atoms with Gasteiger partial charge in [-0.1, -0.05) is 29.8 Å². The van der Waals surface area contributed by atoms with Crippen molar-refractivity contribution in [2.45, 2.75) is 6.54 Å². The van der Waals surface area contributed by atoms with E-state index in [0.717, 1.165) is 16.1 Å². The fourth-order valence-corrected chi connectivity index (χ4v) is 3.39. The number of carbonyl (C=O) groups is 1. The van der Waals surface area contributed by atoms with Gasteiger partial charge in [-0.25, -0.2) is 4.98 Å². The highest BCUT2D eigenvalue weighted by Crippen LogP contribution is 2.33. The van der Waals surface area contributed by atoms with E-state index in [4.69, 9.17) is 21.1 Å². The summed E-state index contributed by atoms with van der Waals surface area (Å²) in [5.74, 6) is 1.02. The van der Waals surface area contributed by atoms with Crippen molar-refractivity contribution in [1.82, 2.24) is 10.3 Å². The smallest absolute Gasteiger partial charge is 0.271 e. The molecule has 3 aromatic rings. The second kappa shape index (κ2) is 8.21. The molecule has 1 amide bonds. The van der Waals surface area contributed by atoms with Crippen LogP contribution in [0.15, 0.2) is 47.8 Å². The number of amides is 1. The Balaban J connectivity index is 1.73. The third-order valence-electron chi connectivity index (χ3n) is 3.76. The SMILES string of the molecule is COc1ccc(-c2nc(C(=O)NCc3ccccc3Cl)cs2)cc1OC. The first-order chi connectivity index (χ1) is 12.6. The summed E-state index contributed by atoms with van der Waals surface area (Å²) < 4.78 is 10.5. The third-order valence-corrected chi connectivity index (χ3v) is 5.02. The molecule has 134 valence electrons. The largest absolute Gasteiger partial charge is 0.493 e. The van der Waals surface area contributed by atoms with E-state index in [2.05, 4.69) is 10.3 Å². The minimum absolute atomic E-state index is 0.243. The Morgan fingerprint density at radius 3 is 2.65 bits per heavy atom. The molecule has 0 saturated heterocycles. The average molecular weight is 389 g/mol. The van der Waals surface area contributed by atoms with E-state index in [9.17, 15) is 4.79 Å². The summed E-state index contributed by atoms with van der Waals surface area (Å²) >= 11 is 7.50. The molecule has 2 aromatic carbocycles. The Labute approximate surface area is 160 Å². The van der Waals surface area contributed by atoms with Gasteiger partial charge in [0.1, 0.15) is 10.7 Å². The molecule has 0 atom stereocenters. The number of benzene rings is 2. The van der Waals surface area contributed by atoms with Crippen LogP contribution in [0.2, 0.25) is 5.02 Å². The molecule has 26 heavy (non-hydrogen) atoms. The van der Waals surface area contributed by atoms with Gasteiger partial charge in [-0.15, -0.1) is 11.3 Å². The van der Waals surface area contributed by atoms with E-state index in [1.807, 2.05) is 36.4 Å².